The van der Waals surface area contributed by atoms with E-state index in [1.165, 1.54) is 0 Å². The topological polar surface area (TPSA) is 68.3 Å². The van der Waals surface area contributed by atoms with Crippen molar-refractivity contribution in [1.82, 2.24) is 4.98 Å². The highest BCUT2D eigenvalue weighted by atomic mass is 32.2. The molecule has 0 aliphatic heterocycles. The molecule has 0 aliphatic carbocycles. The van der Waals surface area contributed by atoms with E-state index in [9.17, 15) is 9.59 Å². The summed E-state index contributed by atoms with van der Waals surface area (Å²) in [6.45, 7) is 3.95. The number of nitrogens with zero attached hydrogens (tertiary/aromatic N) is 1. The number of nitrogens with one attached hydrogen (secondary N) is 1. The minimum Gasteiger partial charge on any atom is -0.497 e. The average Bonchev–Trinajstić information content (AvgIpc) is 3.14. The van der Waals surface area contributed by atoms with Crippen molar-refractivity contribution in [3.8, 4) is 5.75 Å². The Morgan fingerprint density at radius 3 is 2.50 bits per heavy atom. The van der Waals surface area contributed by atoms with Crippen LogP contribution < -0.4 is 10.1 Å². The molecule has 30 heavy (non-hydrogen) atoms. The van der Waals surface area contributed by atoms with Gasteiger partial charge in [0.25, 0.3) is 0 Å². The number of Topliss-reactive ketones (excluding diaryl/α,β-unsaturated/α-hetero) is 1. The molecule has 0 saturated carbocycles. The van der Waals surface area contributed by atoms with Gasteiger partial charge in [0.2, 0.25) is 5.91 Å². The third-order valence-corrected chi connectivity index (χ3v) is 6.54. The molecule has 1 amide bonds. The first kappa shape index (κ1) is 22.1. The van der Waals surface area contributed by atoms with Crippen LogP contribution in [0.25, 0.3) is 0 Å². The third-order valence-electron chi connectivity index (χ3n) is 4.49. The highest BCUT2D eigenvalue weighted by molar-refractivity contribution is 8.01. The van der Waals surface area contributed by atoms with Gasteiger partial charge in [-0.3, -0.25) is 9.59 Å². The van der Waals surface area contributed by atoms with Crippen LogP contribution in [0.2, 0.25) is 0 Å². The summed E-state index contributed by atoms with van der Waals surface area (Å²) in [6.07, 6.45) is 1.14. The molecule has 0 spiro atoms. The van der Waals surface area contributed by atoms with E-state index in [4.69, 9.17) is 4.74 Å². The van der Waals surface area contributed by atoms with Gasteiger partial charge in [0, 0.05) is 40.1 Å². The Labute approximate surface area is 184 Å². The molecule has 0 radical (unpaired) electrons. The second kappa shape index (κ2) is 10.4. The molecule has 5 nitrogen and oxygen atoms in total. The van der Waals surface area contributed by atoms with Gasteiger partial charge in [0.05, 0.1) is 7.11 Å². The summed E-state index contributed by atoms with van der Waals surface area (Å²) in [5.74, 6) is 0.657. The lowest BCUT2D eigenvalue weighted by Crippen LogP contribution is -2.13. The van der Waals surface area contributed by atoms with Crippen molar-refractivity contribution in [2.45, 2.75) is 42.3 Å². The lowest BCUT2D eigenvalue weighted by Gasteiger charge is -2.10. The first-order chi connectivity index (χ1) is 14.4. The number of carbonyl (C=O) groups is 2. The van der Waals surface area contributed by atoms with Gasteiger partial charge in [0.15, 0.2) is 10.1 Å². The zero-order valence-corrected chi connectivity index (χ0v) is 18.9. The van der Waals surface area contributed by atoms with Gasteiger partial charge in [-0.1, -0.05) is 11.8 Å². The Morgan fingerprint density at radius 1 is 1.10 bits per heavy atom. The Balaban J connectivity index is 1.47. The fraction of sp³-hybridized carbons (Fsp3) is 0.261. The molecule has 3 rings (SSSR count). The Bertz CT molecular complexity index is 1030. The molecule has 1 N–H and O–H groups in total. The van der Waals surface area contributed by atoms with Crippen LogP contribution in [0.4, 0.5) is 5.69 Å². The molecular weight excluding hydrogens is 416 g/mol. The minimum atomic E-state index is -0.0865. The first-order valence-electron chi connectivity index (χ1n) is 9.62. The third kappa shape index (κ3) is 6.18. The van der Waals surface area contributed by atoms with Crippen molar-refractivity contribution in [1.29, 1.82) is 0 Å². The van der Waals surface area contributed by atoms with Crippen molar-refractivity contribution in [2.75, 3.05) is 12.4 Å². The maximum absolute atomic E-state index is 12.3. The fourth-order valence-electron chi connectivity index (χ4n) is 2.86. The van der Waals surface area contributed by atoms with Crippen molar-refractivity contribution >= 4 is 40.5 Å². The van der Waals surface area contributed by atoms with Crippen LogP contribution in [0, 0.1) is 13.8 Å². The maximum Gasteiger partial charge on any atom is 0.224 e. The highest BCUT2D eigenvalue weighted by Crippen LogP contribution is 2.32. The van der Waals surface area contributed by atoms with Crippen LogP contribution in [0.5, 0.6) is 5.75 Å². The summed E-state index contributed by atoms with van der Waals surface area (Å²) in [5, 5.41) is 4.98. The molecule has 0 aliphatic rings. The van der Waals surface area contributed by atoms with Crippen molar-refractivity contribution < 1.29 is 14.3 Å². The molecule has 0 unspecified atom stereocenters. The zero-order chi connectivity index (χ0) is 21.5. The Kier molecular flexibility index (Phi) is 7.65. The number of benzene rings is 2. The molecule has 3 aromatic rings. The average molecular weight is 441 g/mol. The van der Waals surface area contributed by atoms with Gasteiger partial charge in [-0.2, -0.15) is 0 Å². The van der Waals surface area contributed by atoms with E-state index < -0.39 is 0 Å². The van der Waals surface area contributed by atoms with E-state index in [-0.39, 0.29) is 11.7 Å². The molecule has 1 heterocycles. The predicted octanol–water partition coefficient (Wildman–Crippen LogP) is 5.91. The quantitative estimate of drug-likeness (QED) is 0.419. The number of methoxy groups -OCH3 is 1. The van der Waals surface area contributed by atoms with Crippen LogP contribution >= 0.6 is 23.1 Å². The van der Waals surface area contributed by atoms with Gasteiger partial charge in [-0.05, 0) is 68.3 Å². The molecule has 1 aromatic heterocycles. The van der Waals surface area contributed by atoms with E-state index in [1.54, 1.807) is 54.5 Å². The molecule has 0 saturated heterocycles. The largest absolute Gasteiger partial charge is 0.497 e. The van der Waals surface area contributed by atoms with Crippen molar-refractivity contribution in [3.05, 3.63) is 64.7 Å². The van der Waals surface area contributed by atoms with Gasteiger partial charge in [-0.25, -0.2) is 4.98 Å². The lowest BCUT2D eigenvalue weighted by atomic mass is 10.1. The summed E-state index contributed by atoms with van der Waals surface area (Å²) in [6, 6.07) is 13.0. The number of aryl methyl sites for hydroxylation is 2. The van der Waals surface area contributed by atoms with Crippen LogP contribution in [0.15, 0.2) is 57.1 Å². The Morgan fingerprint density at radius 2 is 1.87 bits per heavy atom. The Hall–Kier alpha value is -2.64. The van der Waals surface area contributed by atoms with Gasteiger partial charge < -0.3 is 10.1 Å². The highest BCUT2D eigenvalue weighted by Gasteiger charge is 2.10. The molecule has 0 bridgehead atoms. The number of hydrogen-bond donors (Lipinski definition) is 1. The lowest BCUT2D eigenvalue weighted by molar-refractivity contribution is -0.116. The summed E-state index contributed by atoms with van der Waals surface area (Å²) < 4.78 is 6.10. The van der Waals surface area contributed by atoms with E-state index in [2.05, 4.69) is 10.3 Å². The minimum absolute atomic E-state index is 0.0282. The van der Waals surface area contributed by atoms with Gasteiger partial charge in [-0.15, -0.1) is 11.3 Å². The number of ketones is 1. The van der Waals surface area contributed by atoms with Gasteiger partial charge >= 0.3 is 0 Å². The number of thiazole rings is 1. The number of rotatable bonds is 9. The van der Waals surface area contributed by atoms with E-state index >= 15 is 0 Å². The smallest absolute Gasteiger partial charge is 0.224 e. The number of aromatic nitrogens is 1. The standard InChI is InChI=1S/C23H24N2O3S2/c1-15-13-19(30-23-24-16(2)14-29-23)11-12-20(15)25-22(27)6-4-5-21(26)17-7-9-18(28-3)10-8-17/h7-14H,4-6H2,1-3H3,(H,25,27). The van der Waals surface area contributed by atoms with Gasteiger partial charge in [0.1, 0.15) is 5.75 Å². The van der Waals surface area contributed by atoms with E-state index in [1.807, 2.05) is 37.4 Å². The van der Waals surface area contributed by atoms with Crippen molar-refractivity contribution in [3.63, 3.8) is 0 Å². The van der Waals surface area contributed by atoms with E-state index in [0.29, 0.717) is 30.6 Å². The SMILES string of the molecule is COc1ccc(C(=O)CCCC(=O)Nc2ccc(Sc3nc(C)cs3)cc2C)cc1. The summed E-state index contributed by atoms with van der Waals surface area (Å²) in [7, 11) is 1.59. The molecule has 156 valence electrons. The van der Waals surface area contributed by atoms with Crippen LogP contribution in [0.1, 0.15) is 40.9 Å². The number of amides is 1. The normalized spacial score (nSPS) is 10.6. The second-order valence-corrected chi connectivity index (χ2v) is 9.07. The molecule has 0 atom stereocenters. The zero-order valence-electron chi connectivity index (χ0n) is 17.2. The molecular formula is C23H24N2O3S2. The number of anilines is 1. The molecule has 2 aromatic carbocycles. The summed E-state index contributed by atoms with van der Waals surface area (Å²) in [4.78, 5) is 30.1. The first-order valence-corrected chi connectivity index (χ1v) is 11.3. The monoisotopic (exact) mass is 440 g/mol. The second-order valence-electron chi connectivity index (χ2n) is 6.89. The van der Waals surface area contributed by atoms with Crippen molar-refractivity contribution in [2.24, 2.45) is 0 Å². The fourth-order valence-corrected chi connectivity index (χ4v) is 4.77. The predicted molar refractivity (Wildman–Crippen MR) is 122 cm³/mol. The number of carbonyl (C=O) groups excluding carboxylic acids is 2. The number of ether oxygens (including phenoxy) is 1. The summed E-state index contributed by atoms with van der Waals surface area (Å²) >= 11 is 3.24. The van der Waals surface area contributed by atoms with Crippen LogP contribution in [0.3, 0.4) is 0 Å². The van der Waals surface area contributed by atoms with Crippen LogP contribution in [-0.2, 0) is 4.79 Å². The van der Waals surface area contributed by atoms with E-state index in [0.717, 1.165) is 26.2 Å². The summed E-state index contributed by atoms with van der Waals surface area (Å²) in [5.41, 5.74) is 3.45. The number of hydrogen-bond acceptors (Lipinski definition) is 6. The van der Waals surface area contributed by atoms with Crippen LogP contribution in [-0.4, -0.2) is 23.8 Å². The molecule has 0 fully saturated rings. The molecule has 7 heteroatoms. The maximum atomic E-state index is 12.3.